The number of H-pyrrole nitrogens is 1. The summed E-state index contributed by atoms with van der Waals surface area (Å²) in [6.45, 7) is -0.554. The molecule has 6 nitrogen and oxygen atoms in total. The number of nitrogens with zero attached hydrogens (tertiary/aromatic N) is 1. The summed E-state index contributed by atoms with van der Waals surface area (Å²) >= 11 is 1.63. The van der Waals surface area contributed by atoms with Crippen LogP contribution < -0.4 is 11.2 Å². The van der Waals surface area contributed by atoms with Crippen molar-refractivity contribution in [2.24, 2.45) is 0 Å². The molecular formula is C9H9F2IN2O4. The maximum Gasteiger partial charge on any atom is 0.330 e. The Morgan fingerprint density at radius 3 is 2.83 bits per heavy atom. The molecule has 0 unspecified atom stereocenters. The fourth-order valence-electron chi connectivity index (χ4n) is 1.75. The van der Waals surface area contributed by atoms with E-state index in [1.165, 1.54) is 0 Å². The number of aromatic nitrogens is 2. The Kier molecular flexibility index (Phi) is 3.56. The molecule has 9 heteroatoms. The molecule has 2 atom stereocenters. The van der Waals surface area contributed by atoms with E-state index in [0.717, 1.165) is 6.20 Å². The fraction of sp³-hybridized carbons (Fsp3) is 0.556. The van der Waals surface area contributed by atoms with Crippen molar-refractivity contribution in [3.8, 4) is 0 Å². The number of hydrogen-bond acceptors (Lipinski definition) is 4. The molecule has 1 aliphatic heterocycles. The van der Waals surface area contributed by atoms with E-state index in [2.05, 4.69) is 0 Å². The lowest BCUT2D eigenvalue weighted by Gasteiger charge is -2.19. The van der Waals surface area contributed by atoms with Gasteiger partial charge in [0.15, 0.2) is 0 Å². The third-order valence-electron chi connectivity index (χ3n) is 2.56. The van der Waals surface area contributed by atoms with Crippen molar-refractivity contribution in [2.45, 2.75) is 24.7 Å². The zero-order valence-corrected chi connectivity index (χ0v) is 11.1. The van der Waals surface area contributed by atoms with Crippen LogP contribution in [0.2, 0.25) is 0 Å². The van der Waals surface area contributed by atoms with Crippen LogP contribution in [0.4, 0.5) is 8.78 Å². The maximum absolute atomic E-state index is 13.7. The van der Waals surface area contributed by atoms with Crippen LogP contribution >= 0.6 is 22.6 Å². The highest BCUT2D eigenvalue weighted by atomic mass is 127. The summed E-state index contributed by atoms with van der Waals surface area (Å²) in [7, 11) is 0. The summed E-state index contributed by atoms with van der Waals surface area (Å²) < 4.78 is 33.0. The topological polar surface area (TPSA) is 84.3 Å². The minimum absolute atomic E-state index is 0.0963. The van der Waals surface area contributed by atoms with Gasteiger partial charge in [-0.25, -0.2) is 13.6 Å². The van der Waals surface area contributed by atoms with Gasteiger partial charge in [0.2, 0.25) is 6.23 Å². The Bertz CT molecular complexity index is 570. The fourth-order valence-corrected chi connectivity index (χ4v) is 2.18. The Labute approximate surface area is 113 Å². The number of aliphatic hydroxyl groups is 1. The van der Waals surface area contributed by atoms with Gasteiger partial charge in [-0.1, -0.05) is 0 Å². The maximum atomic E-state index is 13.7. The first kappa shape index (κ1) is 13.6. The number of nitrogens with one attached hydrogen (secondary N) is 1. The highest BCUT2D eigenvalue weighted by Crippen LogP contribution is 2.41. The third kappa shape index (κ3) is 2.34. The number of ether oxygens (including phenoxy) is 1. The van der Waals surface area contributed by atoms with Crippen LogP contribution in [0.15, 0.2) is 15.8 Å². The Hall–Kier alpha value is -0.810. The van der Waals surface area contributed by atoms with Gasteiger partial charge in [0.25, 0.3) is 11.5 Å². The first-order valence-corrected chi connectivity index (χ1v) is 6.08. The van der Waals surface area contributed by atoms with Crippen molar-refractivity contribution in [1.29, 1.82) is 0 Å². The molecule has 1 aromatic heterocycles. The molecule has 0 amide bonds. The summed E-state index contributed by atoms with van der Waals surface area (Å²) in [5.41, 5.74) is -1.61. The smallest absolute Gasteiger partial charge is 0.330 e. The van der Waals surface area contributed by atoms with E-state index in [1.54, 1.807) is 22.6 Å². The third-order valence-corrected chi connectivity index (χ3v) is 3.33. The first-order chi connectivity index (χ1) is 8.35. The van der Waals surface area contributed by atoms with Crippen LogP contribution in [0, 0.1) is 3.57 Å². The van der Waals surface area contributed by atoms with E-state index >= 15 is 0 Å². The number of hydrogen-bond donors (Lipinski definition) is 2. The van der Waals surface area contributed by atoms with Crippen LogP contribution in [0.3, 0.4) is 0 Å². The van der Waals surface area contributed by atoms with Gasteiger partial charge < -0.3 is 9.84 Å². The van der Waals surface area contributed by atoms with Gasteiger partial charge in [-0.15, -0.1) is 0 Å². The standard InChI is InChI=1S/C9H9F2IN2O4/c10-9(11)1-4(3-15)18-7(9)14-2-5(12)6(16)13-8(14)17/h2,4,7,15H,1,3H2,(H,13,16,17)/t4-,7-/m1/s1. The Morgan fingerprint density at radius 2 is 2.28 bits per heavy atom. The van der Waals surface area contributed by atoms with Crippen molar-refractivity contribution in [1.82, 2.24) is 9.55 Å². The summed E-state index contributed by atoms with van der Waals surface area (Å²) in [5, 5.41) is 8.83. The number of alkyl halides is 2. The molecule has 0 spiro atoms. The van der Waals surface area contributed by atoms with Crippen LogP contribution in [0.25, 0.3) is 0 Å². The molecule has 1 saturated heterocycles. The monoisotopic (exact) mass is 374 g/mol. The normalized spacial score (nSPS) is 26.4. The van der Waals surface area contributed by atoms with Gasteiger partial charge in [-0.3, -0.25) is 14.3 Å². The van der Waals surface area contributed by atoms with E-state index in [9.17, 15) is 18.4 Å². The molecule has 0 aromatic carbocycles. The Morgan fingerprint density at radius 1 is 1.61 bits per heavy atom. The molecule has 2 rings (SSSR count). The SMILES string of the molecule is O=c1[nH]c(=O)n([C@@H]2O[C@@H](CO)CC2(F)F)cc1I. The largest absolute Gasteiger partial charge is 0.394 e. The van der Waals surface area contributed by atoms with Crippen molar-refractivity contribution in [2.75, 3.05) is 6.61 Å². The average Bonchev–Trinajstić information content (AvgIpc) is 2.59. The number of aliphatic hydroxyl groups excluding tert-OH is 1. The molecule has 0 radical (unpaired) electrons. The molecule has 2 heterocycles. The summed E-state index contributed by atoms with van der Waals surface area (Å²) in [4.78, 5) is 24.6. The van der Waals surface area contributed by atoms with Crippen molar-refractivity contribution >= 4 is 22.6 Å². The molecule has 18 heavy (non-hydrogen) atoms. The van der Waals surface area contributed by atoms with Gasteiger partial charge in [-0.05, 0) is 22.6 Å². The molecule has 2 N–H and O–H groups in total. The minimum atomic E-state index is -3.28. The highest BCUT2D eigenvalue weighted by Gasteiger charge is 2.51. The predicted octanol–water partition coefficient (Wildman–Crippen LogP) is 0.0563. The quantitative estimate of drug-likeness (QED) is 0.718. The van der Waals surface area contributed by atoms with Gasteiger partial charge in [-0.2, -0.15) is 0 Å². The van der Waals surface area contributed by atoms with Crippen LogP contribution in [0.1, 0.15) is 12.6 Å². The van der Waals surface area contributed by atoms with Crippen LogP contribution in [0.5, 0.6) is 0 Å². The molecule has 1 aliphatic rings. The molecule has 0 saturated carbocycles. The molecular weight excluding hydrogens is 365 g/mol. The molecule has 1 aromatic rings. The lowest BCUT2D eigenvalue weighted by Crippen LogP contribution is -2.38. The van der Waals surface area contributed by atoms with E-state index in [1.807, 2.05) is 4.98 Å². The van der Waals surface area contributed by atoms with E-state index in [-0.39, 0.29) is 3.57 Å². The highest BCUT2D eigenvalue weighted by molar-refractivity contribution is 14.1. The molecule has 1 fully saturated rings. The van der Waals surface area contributed by atoms with Gasteiger partial charge >= 0.3 is 5.69 Å². The van der Waals surface area contributed by atoms with Gasteiger partial charge in [0.05, 0.1) is 16.3 Å². The summed E-state index contributed by atoms with van der Waals surface area (Å²) in [5.74, 6) is -3.28. The lowest BCUT2D eigenvalue weighted by molar-refractivity contribution is -0.120. The number of halogens is 3. The van der Waals surface area contributed by atoms with Crippen molar-refractivity contribution in [3.63, 3.8) is 0 Å². The second-order valence-electron chi connectivity index (χ2n) is 3.90. The second-order valence-corrected chi connectivity index (χ2v) is 5.06. The zero-order valence-electron chi connectivity index (χ0n) is 8.90. The minimum Gasteiger partial charge on any atom is -0.394 e. The number of aromatic amines is 1. The van der Waals surface area contributed by atoms with Crippen molar-refractivity contribution < 1.29 is 18.6 Å². The Balaban J connectivity index is 2.46. The van der Waals surface area contributed by atoms with E-state index in [4.69, 9.17) is 9.84 Å². The average molecular weight is 374 g/mol. The lowest BCUT2D eigenvalue weighted by atomic mass is 10.2. The van der Waals surface area contributed by atoms with E-state index < -0.39 is 42.5 Å². The number of rotatable bonds is 2. The van der Waals surface area contributed by atoms with Gasteiger partial charge in [0.1, 0.15) is 0 Å². The molecule has 100 valence electrons. The molecule has 0 aliphatic carbocycles. The molecule has 0 bridgehead atoms. The summed E-state index contributed by atoms with van der Waals surface area (Å²) in [6, 6.07) is 0. The van der Waals surface area contributed by atoms with E-state index in [0.29, 0.717) is 4.57 Å². The van der Waals surface area contributed by atoms with Crippen LogP contribution in [-0.4, -0.2) is 33.3 Å². The zero-order chi connectivity index (χ0) is 13.5. The second kappa shape index (κ2) is 4.70. The van der Waals surface area contributed by atoms with Crippen molar-refractivity contribution in [3.05, 3.63) is 30.6 Å². The van der Waals surface area contributed by atoms with Gasteiger partial charge in [0, 0.05) is 12.6 Å². The van der Waals surface area contributed by atoms with Crippen LogP contribution in [-0.2, 0) is 4.74 Å². The predicted molar refractivity (Wildman–Crippen MR) is 64.6 cm³/mol. The summed E-state index contributed by atoms with van der Waals surface area (Å²) in [6.07, 6.45) is -2.50. The first-order valence-electron chi connectivity index (χ1n) is 5.00.